The first-order valence-electron chi connectivity index (χ1n) is 4.70. The molecule has 0 N–H and O–H groups in total. The van der Waals surface area contributed by atoms with E-state index in [0.717, 1.165) is 18.4 Å². The first-order valence-corrected chi connectivity index (χ1v) is 5.13. The highest BCUT2D eigenvalue weighted by molar-refractivity contribution is 6.21. The Kier molecular flexibility index (Phi) is 2.64. The third kappa shape index (κ3) is 1.85. The first-order chi connectivity index (χ1) is 6.72. The summed E-state index contributed by atoms with van der Waals surface area (Å²) in [5.74, 6) is 0.915. The smallest absolute Gasteiger partial charge is 0.123 e. The second-order valence-corrected chi connectivity index (χ2v) is 4.10. The van der Waals surface area contributed by atoms with Crippen LogP contribution in [-0.2, 0) is 0 Å². The number of hydrogen-bond acceptors (Lipinski definition) is 1. The van der Waals surface area contributed by atoms with Crippen LogP contribution in [0.25, 0.3) is 0 Å². The highest BCUT2D eigenvalue weighted by Crippen LogP contribution is 2.47. The Morgan fingerprint density at radius 3 is 2.79 bits per heavy atom. The summed E-state index contributed by atoms with van der Waals surface area (Å²) >= 11 is 6.21. The summed E-state index contributed by atoms with van der Waals surface area (Å²) in [5.41, 5.74) is 0.775. The number of hydrogen-bond donors (Lipinski definition) is 0. The molecule has 2 rings (SSSR count). The van der Waals surface area contributed by atoms with Crippen LogP contribution in [0.1, 0.15) is 23.8 Å². The fourth-order valence-electron chi connectivity index (χ4n) is 1.56. The molecular formula is C11H12ClFO. The Labute approximate surface area is 87.8 Å². The minimum atomic E-state index is -0.257. The normalized spacial score (nSPS) is 17.9. The zero-order valence-electron chi connectivity index (χ0n) is 7.97. The van der Waals surface area contributed by atoms with E-state index in [1.54, 1.807) is 13.2 Å². The van der Waals surface area contributed by atoms with Gasteiger partial charge in [-0.2, -0.15) is 0 Å². The standard InChI is InChI=1S/C11H12ClFO/c1-14-10-5-4-8(13)6-9(10)11(12)7-2-3-7/h4-7,11H,2-3H2,1H3. The van der Waals surface area contributed by atoms with Gasteiger partial charge in [0.05, 0.1) is 12.5 Å². The molecule has 0 saturated heterocycles. The van der Waals surface area contributed by atoms with Gasteiger partial charge in [-0.05, 0) is 37.0 Å². The number of benzene rings is 1. The van der Waals surface area contributed by atoms with Crippen molar-refractivity contribution in [1.29, 1.82) is 0 Å². The molecule has 0 aliphatic heterocycles. The molecule has 3 heteroatoms. The van der Waals surface area contributed by atoms with Crippen LogP contribution in [0.5, 0.6) is 5.75 Å². The van der Waals surface area contributed by atoms with Crippen molar-refractivity contribution in [3.8, 4) is 5.75 Å². The van der Waals surface area contributed by atoms with Crippen molar-refractivity contribution in [3.63, 3.8) is 0 Å². The van der Waals surface area contributed by atoms with E-state index in [1.807, 2.05) is 0 Å². The Bertz CT molecular complexity index is 336. The lowest BCUT2D eigenvalue weighted by atomic mass is 10.1. The number of methoxy groups -OCH3 is 1. The molecule has 0 heterocycles. The molecule has 1 aromatic carbocycles. The molecular weight excluding hydrogens is 203 g/mol. The van der Waals surface area contributed by atoms with Crippen molar-refractivity contribution in [2.75, 3.05) is 7.11 Å². The summed E-state index contributed by atoms with van der Waals surface area (Å²) in [6, 6.07) is 4.48. The van der Waals surface area contributed by atoms with Gasteiger partial charge in [-0.25, -0.2) is 4.39 Å². The second-order valence-electron chi connectivity index (χ2n) is 3.63. The van der Waals surface area contributed by atoms with Crippen molar-refractivity contribution in [1.82, 2.24) is 0 Å². The van der Waals surface area contributed by atoms with Crippen LogP contribution >= 0.6 is 11.6 Å². The van der Waals surface area contributed by atoms with Crippen LogP contribution in [-0.4, -0.2) is 7.11 Å². The predicted molar refractivity (Wildman–Crippen MR) is 54.3 cm³/mol. The summed E-state index contributed by atoms with van der Waals surface area (Å²) in [7, 11) is 1.58. The van der Waals surface area contributed by atoms with E-state index in [9.17, 15) is 4.39 Å². The average molecular weight is 215 g/mol. The fourth-order valence-corrected chi connectivity index (χ4v) is 1.99. The summed E-state index contributed by atoms with van der Waals surface area (Å²) < 4.78 is 18.2. The van der Waals surface area contributed by atoms with Crippen LogP contribution < -0.4 is 4.74 Å². The maximum atomic E-state index is 13.0. The van der Waals surface area contributed by atoms with Crippen molar-refractivity contribution in [3.05, 3.63) is 29.6 Å². The average Bonchev–Trinajstić information content (AvgIpc) is 3.00. The van der Waals surface area contributed by atoms with Gasteiger partial charge in [0.1, 0.15) is 11.6 Å². The topological polar surface area (TPSA) is 9.23 Å². The van der Waals surface area contributed by atoms with Crippen LogP contribution in [0, 0.1) is 11.7 Å². The molecule has 1 atom stereocenters. The SMILES string of the molecule is COc1ccc(F)cc1C(Cl)C1CC1. The van der Waals surface area contributed by atoms with Gasteiger partial charge in [-0.1, -0.05) is 0 Å². The van der Waals surface area contributed by atoms with E-state index >= 15 is 0 Å². The van der Waals surface area contributed by atoms with Crippen molar-refractivity contribution in [2.24, 2.45) is 5.92 Å². The van der Waals surface area contributed by atoms with E-state index in [2.05, 4.69) is 0 Å². The van der Waals surface area contributed by atoms with Crippen molar-refractivity contribution >= 4 is 11.6 Å². The molecule has 0 radical (unpaired) electrons. The number of ether oxygens (including phenoxy) is 1. The molecule has 1 fully saturated rings. The van der Waals surface area contributed by atoms with Gasteiger partial charge in [0.15, 0.2) is 0 Å². The number of halogens is 2. The van der Waals surface area contributed by atoms with E-state index in [1.165, 1.54) is 12.1 Å². The summed E-state index contributed by atoms with van der Waals surface area (Å²) in [6.45, 7) is 0. The molecule has 14 heavy (non-hydrogen) atoms. The van der Waals surface area contributed by atoms with Crippen molar-refractivity contribution < 1.29 is 9.13 Å². The van der Waals surface area contributed by atoms with E-state index in [4.69, 9.17) is 16.3 Å². The maximum Gasteiger partial charge on any atom is 0.123 e. The summed E-state index contributed by atoms with van der Waals surface area (Å²) in [4.78, 5) is 0. The minimum Gasteiger partial charge on any atom is -0.496 e. The van der Waals surface area contributed by atoms with Gasteiger partial charge >= 0.3 is 0 Å². The molecule has 76 valence electrons. The van der Waals surface area contributed by atoms with Gasteiger partial charge in [0, 0.05) is 5.56 Å². The second kappa shape index (κ2) is 3.77. The summed E-state index contributed by atoms with van der Waals surface area (Å²) in [5, 5.41) is -0.111. The third-order valence-electron chi connectivity index (χ3n) is 2.52. The lowest BCUT2D eigenvalue weighted by Gasteiger charge is -2.12. The van der Waals surface area contributed by atoms with Crippen LogP contribution in [0.3, 0.4) is 0 Å². The minimum absolute atomic E-state index is 0.111. The molecule has 0 amide bonds. The van der Waals surface area contributed by atoms with Crippen LogP contribution in [0.2, 0.25) is 0 Å². The molecule has 0 bridgehead atoms. The molecule has 1 aliphatic rings. The van der Waals surface area contributed by atoms with E-state index < -0.39 is 0 Å². The molecule has 0 spiro atoms. The highest BCUT2D eigenvalue weighted by atomic mass is 35.5. The van der Waals surface area contributed by atoms with Crippen molar-refractivity contribution in [2.45, 2.75) is 18.2 Å². The lowest BCUT2D eigenvalue weighted by molar-refractivity contribution is 0.406. The Hall–Kier alpha value is -0.760. The number of rotatable bonds is 3. The monoisotopic (exact) mass is 214 g/mol. The van der Waals surface area contributed by atoms with Gasteiger partial charge in [-0.3, -0.25) is 0 Å². The third-order valence-corrected chi connectivity index (χ3v) is 3.12. The molecule has 1 nitrogen and oxygen atoms in total. The van der Waals surface area contributed by atoms with Gasteiger partial charge in [-0.15, -0.1) is 11.6 Å². The first kappa shape index (κ1) is 9.78. The Morgan fingerprint density at radius 1 is 1.50 bits per heavy atom. The maximum absolute atomic E-state index is 13.0. The summed E-state index contributed by atoms with van der Waals surface area (Å²) in [6.07, 6.45) is 2.27. The zero-order valence-corrected chi connectivity index (χ0v) is 8.72. The highest BCUT2D eigenvalue weighted by Gasteiger charge is 2.32. The molecule has 0 aromatic heterocycles. The number of alkyl halides is 1. The molecule has 1 aliphatic carbocycles. The quantitative estimate of drug-likeness (QED) is 0.700. The predicted octanol–water partition coefficient (Wildman–Crippen LogP) is 3.52. The zero-order chi connectivity index (χ0) is 10.1. The van der Waals surface area contributed by atoms with E-state index in [0.29, 0.717) is 11.7 Å². The fraction of sp³-hybridized carbons (Fsp3) is 0.455. The van der Waals surface area contributed by atoms with Crippen LogP contribution in [0.4, 0.5) is 4.39 Å². The Balaban J connectivity index is 2.32. The van der Waals surface area contributed by atoms with Gasteiger partial charge in [0.2, 0.25) is 0 Å². The van der Waals surface area contributed by atoms with Crippen LogP contribution in [0.15, 0.2) is 18.2 Å². The van der Waals surface area contributed by atoms with E-state index in [-0.39, 0.29) is 11.2 Å². The molecule has 1 saturated carbocycles. The largest absolute Gasteiger partial charge is 0.496 e. The lowest BCUT2D eigenvalue weighted by Crippen LogP contribution is -1.98. The molecule has 1 unspecified atom stereocenters. The van der Waals surface area contributed by atoms with Gasteiger partial charge in [0.25, 0.3) is 0 Å². The Morgan fingerprint density at radius 2 is 2.21 bits per heavy atom. The molecule has 1 aromatic rings. The van der Waals surface area contributed by atoms with Gasteiger partial charge < -0.3 is 4.74 Å².